The molecule has 0 amide bonds. The van der Waals surface area contributed by atoms with Gasteiger partial charge in [-0.05, 0) is 29.8 Å². The lowest BCUT2D eigenvalue weighted by molar-refractivity contribution is -0.274. The molecule has 0 aliphatic carbocycles. The summed E-state index contributed by atoms with van der Waals surface area (Å²) in [6.45, 7) is 0. The van der Waals surface area contributed by atoms with Gasteiger partial charge in [0, 0.05) is 0 Å². The summed E-state index contributed by atoms with van der Waals surface area (Å²) in [5, 5.41) is 9.93. The molecule has 0 aliphatic heterocycles. The highest BCUT2D eigenvalue weighted by Crippen LogP contribution is 2.35. The van der Waals surface area contributed by atoms with Crippen LogP contribution in [0.15, 0.2) is 42.5 Å². The van der Waals surface area contributed by atoms with Gasteiger partial charge in [-0.2, -0.15) is 0 Å². The van der Waals surface area contributed by atoms with Crippen molar-refractivity contribution in [2.75, 3.05) is 7.11 Å². The third-order valence-corrected chi connectivity index (χ3v) is 3.05. The Hall–Kier alpha value is -2.41. The molecule has 2 aromatic carbocycles. The molecule has 3 N–H and O–H groups in total. The standard InChI is InChI=1S/C15H14F3NO3/c1-21-12-4-2-3-11(20)13(12)14(19)9-5-7-10(8-6-9)22-15(16,17)18/h2-8,14,20H,19H2,1H3/t14-/m0/s1. The molecule has 0 radical (unpaired) electrons. The molecule has 0 aliphatic rings. The molecule has 1 atom stereocenters. The van der Waals surface area contributed by atoms with E-state index in [9.17, 15) is 18.3 Å². The molecular formula is C15H14F3NO3. The van der Waals surface area contributed by atoms with Gasteiger partial charge in [-0.1, -0.05) is 18.2 Å². The number of halogens is 3. The van der Waals surface area contributed by atoms with Gasteiger partial charge in [0.1, 0.15) is 17.2 Å². The van der Waals surface area contributed by atoms with Gasteiger partial charge in [0.15, 0.2) is 0 Å². The molecule has 7 heteroatoms. The Kier molecular flexibility index (Phi) is 4.46. The Morgan fingerprint density at radius 1 is 1.09 bits per heavy atom. The molecule has 0 saturated heterocycles. The van der Waals surface area contributed by atoms with Crippen LogP contribution in [0, 0.1) is 0 Å². The van der Waals surface area contributed by atoms with Crippen molar-refractivity contribution in [2.45, 2.75) is 12.4 Å². The number of hydrogen-bond donors (Lipinski definition) is 2. The maximum atomic E-state index is 12.1. The van der Waals surface area contributed by atoms with Crippen LogP contribution in [0.25, 0.3) is 0 Å². The average molecular weight is 313 g/mol. The molecule has 118 valence electrons. The van der Waals surface area contributed by atoms with E-state index in [2.05, 4.69) is 4.74 Å². The van der Waals surface area contributed by atoms with Gasteiger partial charge >= 0.3 is 6.36 Å². The predicted octanol–water partition coefficient (Wildman–Crippen LogP) is 3.35. The first-order chi connectivity index (χ1) is 10.3. The van der Waals surface area contributed by atoms with Crippen molar-refractivity contribution < 1.29 is 27.8 Å². The zero-order valence-corrected chi connectivity index (χ0v) is 11.6. The first-order valence-electron chi connectivity index (χ1n) is 6.29. The second kappa shape index (κ2) is 6.15. The van der Waals surface area contributed by atoms with Gasteiger partial charge in [-0.15, -0.1) is 13.2 Å². The Morgan fingerprint density at radius 2 is 1.73 bits per heavy atom. The van der Waals surface area contributed by atoms with Crippen LogP contribution in [0.3, 0.4) is 0 Å². The first kappa shape index (κ1) is 16.0. The van der Waals surface area contributed by atoms with Crippen molar-refractivity contribution in [1.82, 2.24) is 0 Å². The zero-order chi connectivity index (χ0) is 16.3. The summed E-state index contributed by atoms with van der Waals surface area (Å²) in [6, 6.07) is 9.06. The number of aromatic hydroxyl groups is 1. The van der Waals surface area contributed by atoms with Crippen molar-refractivity contribution in [1.29, 1.82) is 0 Å². The Labute approximate surface area is 124 Å². The van der Waals surface area contributed by atoms with Gasteiger partial charge in [-0.3, -0.25) is 0 Å². The summed E-state index contributed by atoms with van der Waals surface area (Å²) >= 11 is 0. The van der Waals surface area contributed by atoms with Gasteiger partial charge < -0.3 is 20.3 Å². The summed E-state index contributed by atoms with van der Waals surface area (Å²) in [7, 11) is 1.44. The average Bonchev–Trinajstić information content (AvgIpc) is 2.45. The largest absolute Gasteiger partial charge is 0.573 e. The van der Waals surface area contributed by atoms with Crippen LogP contribution in [-0.4, -0.2) is 18.6 Å². The zero-order valence-electron chi connectivity index (χ0n) is 11.6. The van der Waals surface area contributed by atoms with E-state index in [0.29, 0.717) is 16.9 Å². The normalized spacial score (nSPS) is 12.8. The summed E-state index contributed by atoms with van der Waals surface area (Å²) in [4.78, 5) is 0. The topological polar surface area (TPSA) is 64.7 Å². The van der Waals surface area contributed by atoms with Crippen LogP contribution in [0.1, 0.15) is 17.2 Å². The number of nitrogens with two attached hydrogens (primary N) is 1. The number of rotatable bonds is 4. The second-order valence-corrected chi connectivity index (χ2v) is 4.49. The van der Waals surface area contributed by atoms with Crippen LogP contribution in [-0.2, 0) is 0 Å². The highest BCUT2D eigenvalue weighted by Gasteiger charge is 2.31. The SMILES string of the molecule is COc1cccc(O)c1[C@@H](N)c1ccc(OC(F)(F)F)cc1. The number of hydrogen-bond acceptors (Lipinski definition) is 4. The summed E-state index contributed by atoms with van der Waals surface area (Å²) in [5.74, 6) is -0.00159. The van der Waals surface area contributed by atoms with Crippen LogP contribution >= 0.6 is 0 Å². The van der Waals surface area contributed by atoms with Crippen LogP contribution in [0.5, 0.6) is 17.2 Å². The fraction of sp³-hybridized carbons (Fsp3) is 0.200. The molecule has 0 fully saturated rings. The van der Waals surface area contributed by atoms with E-state index in [1.165, 1.54) is 25.3 Å². The van der Waals surface area contributed by atoms with E-state index in [1.54, 1.807) is 12.1 Å². The number of alkyl halides is 3. The highest BCUT2D eigenvalue weighted by atomic mass is 19.4. The molecule has 4 nitrogen and oxygen atoms in total. The van der Waals surface area contributed by atoms with E-state index in [-0.39, 0.29) is 11.5 Å². The van der Waals surface area contributed by atoms with Crippen LogP contribution < -0.4 is 15.2 Å². The summed E-state index contributed by atoms with van der Waals surface area (Å²) in [6.07, 6.45) is -4.75. The van der Waals surface area contributed by atoms with Crippen molar-refractivity contribution >= 4 is 0 Å². The smallest absolute Gasteiger partial charge is 0.507 e. The predicted molar refractivity (Wildman–Crippen MR) is 73.8 cm³/mol. The fourth-order valence-corrected chi connectivity index (χ4v) is 2.07. The van der Waals surface area contributed by atoms with Gasteiger partial charge in [0.05, 0.1) is 18.7 Å². The molecule has 0 aromatic heterocycles. The quantitative estimate of drug-likeness (QED) is 0.908. The number of phenols is 1. The monoisotopic (exact) mass is 313 g/mol. The number of methoxy groups -OCH3 is 1. The number of phenolic OH excluding ortho intramolecular Hbond substituents is 1. The van der Waals surface area contributed by atoms with Crippen molar-refractivity contribution in [3.05, 3.63) is 53.6 Å². The molecule has 0 bridgehead atoms. The van der Waals surface area contributed by atoms with Gasteiger partial charge in [0.2, 0.25) is 0 Å². The lowest BCUT2D eigenvalue weighted by atomic mass is 9.97. The minimum atomic E-state index is -4.75. The van der Waals surface area contributed by atoms with Crippen molar-refractivity contribution in [3.63, 3.8) is 0 Å². The maximum absolute atomic E-state index is 12.1. The van der Waals surface area contributed by atoms with E-state index in [4.69, 9.17) is 10.5 Å². The van der Waals surface area contributed by atoms with E-state index in [0.717, 1.165) is 12.1 Å². The fourth-order valence-electron chi connectivity index (χ4n) is 2.07. The molecule has 0 spiro atoms. The maximum Gasteiger partial charge on any atom is 0.573 e. The third kappa shape index (κ3) is 3.62. The van der Waals surface area contributed by atoms with Crippen LogP contribution in [0.2, 0.25) is 0 Å². The lowest BCUT2D eigenvalue weighted by Gasteiger charge is -2.18. The molecule has 2 aromatic rings. The Morgan fingerprint density at radius 3 is 2.27 bits per heavy atom. The minimum Gasteiger partial charge on any atom is -0.507 e. The van der Waals surface area contributed by atoms with Crippen LogP contribution in [0.4, 0.5) is 13.2 Å². The molecule has 22 heavy (non-hydrogen) atoms. The van der Waals surface area contributed by atoms with E-state index >= 15 is 0 Å². The number of ether oxygens (including phenoxy) is 2. The Bertz CT molecular complexity index is 641. The van der Waals surface area contributed by atoms with E-state index in [1.807, 2.05) is 0 Å². The Balaban J connectivity index is 2.29. The molecule has 0 saturated carbocycles. The van der Waals surface area contributed by atoms with Gasteiger partial charge in [0.25, 0.3) is 0 Å². The van der Waals surface area contributed by atoms with Gasteiger partial charge in [-0.25, -0.2) is 0 Å². The summed E-state index contributed by atoms with van der Waals surface area (Å²) < 4.78 is 45.3. The minimum absolute atomic E-state index is 0.0533. The second-order valence-electron chi connectivity index (χ2n) is 4.49. The third-order valence-electron chi connectivity index (χ3n) is 3.05. The molecule has 0 heterocycles. The molecule has 2 rings (SSSR count). The number of benzene rings is 2. The highest BCUT2D eigenvalue weighted by molar-refractivity contribution is 5.50. The lowest BCUT2D eigenvalue weighted by Crippen LogP contribution is -2.17. The van der Waals surface area contributed by atoms with Crippen molar-refractivity contribution in [2.24, 2.45) is 5.73 Å². The first-order valence-corrected chi connectivity index (χ1v) is 6.29. The summed E-state index contributed by atoms with van der Waals surface area (Å²) in [5.41, 5.74) is 6.93. The molecular weight excluding hydrogens is 299 g/mol. The van der Waals surface area contributed by atoms with E-state index < -0.39 is 12.4 Å². The molecule has 0 unspecified atom stereocenters. The van der Waals surface area contributed by atoms with Crippen molar-refractivity contribution in [3.8, 4) is 17.2 Å².